The molecule has 1 heterocycles. The van der Waals surface area contributed by atoms with Crippen molar-refractivity contribution in [1.82, 2.24) is 10.2 Å². The Balaban J connectivity index is 2.43. The Kier molecular flexibility index (Phi) is 5.03. The minimum atomic E-state index is -0.133. The van der Waals surface area contributed by atoms with E-state index in [0.29, 0.717) is 0 Å². The quantitative estimate of drug-likeness (QED) is 0.719. The van der Waals surface area contributed by atoms with E-state index in [1.54, 1.807) is 0 Å². The zero-order valence-corrected chi connectivity index (χ0v) is 10.4. The molecule has 1 aliphatic heterocycles. The van der Waals surface area contributed by atoms with Crippen LogP contribution in [0.15, 0.2) is 0 Å². The monoisotopic (exact) mass is 214 g/mol. The van der Waals surface area contributed by atoms with E-state index in [2.05, 4.69) is 31.0 Å². The standard InChI is InChI=1S/C12H26N2O/c1-4-13-12(3,10-15)9-14-7-5-6-11(2)8-14/h11,13,15H,4-10H2,1-3H3. The predicted octanol–water partition coefficient (Wildman–Crippen LogP) is 1.08. The zero-order chi connectivity index (χ0) is 11.3. The maximum absolute atomic E-state index is 9.42. The Morgan fingerprint density at radius 1 is 1.53 bits per heavy atom. The van der Waals surface area contributed by atoms with E-state index in [1.807, 2.05) is 0 Å². The summed E-state index contributed by atoms with van der Waals surface area (Å²) in [5, 5.41) is 12.8. The second-order valence-electron chi connectivity index (χ2n) is 5.23. The number of nitrogens with zero attached hydrogens (tertiary/aromatic N) is 1. The molecular formula is C12H26N2O. The van der Waals surface area contributed by atoms with Gasteiger partial charge in [-0.1, -0.05) is 13.8 Å². The molecule has 1 aliphatic rings. The minimum Gasteiger partial charge on any atom is -0.394 e. The van der Waals surface area contributed by atoms with Crippen LogP contribution < -0.4 is 5.32 Å². The second kappa shape index (κ2) is 5.83. The number of aliphatic hydroxyl groups is 1. The van der Waals surface area contributed by atoms with Crippen LogP contribution in [0.2, 0.25) is 0 Å². The van der Waals surface area contributed by atoms with Gasteiger partial charge in [-0.3, -0.25) is 0 Å². The first kappa shape index (κ1) is 12.9. The highest BCUT2D eigenvalue weighted by Crippen LogP contribution is 2.17. The number of hydrogen-bond acceptors (Lipinski definition) is 3. The Bertz CT molecular complexity index is 186. The summed E-state index contributed by atoms with van der Waals surface area (Å²) in [6.45, 7) is 11.0. The molecule has 0 aromatic carbocycles. The minimum absolute atomic E-state index is 0.133. The molecule has 15 heavy (non-hydrogen) atoms. The molecule has 0 bridgehead atoms. The highest BCUT2D eigenvalue weighted by Gasteiger charge is 2.27. The van der Waals surface area contributed by atoms with E-state index in [-0.39, 0.29) is 12.1 Å². The van der Waals surface area contributed by atoms with Gasteiger partial charge in [-0.05, 0) is 38.8 Å². The van der Waals surface area contributed by atoms with Crippen molar-refractivity contribution in [3.05, 3.63) is 0 Å². The van der Waals surface area contributed by atoms with Crippen molar-refractivity contribution in [1.29, 1.82) is 0 Å². The third-order valence-electron chi connectivity index (χ3n) is 3.27. The summed E-state index contributed by atoms with van der Waals surface area (Å²) in [6, 6.07) is 0. The van der Waals surface area contributed by atoms with Gasteiger partial charge in [0.1, 0.15) is 0 Å². The van der Waals surface area contributed by atoms with Gasteiger partial charge in [-0.25, -0.2) is 0 Å². The third-order valence-corrected chi connectivity index (χ3v) is 3.27. The largest absolute Gasteiger partial charge is 0.394 e. The maximum Gasteiger partial charge on any atom is 0.0623 e. The first-order chi connectivity index (χ1) is 7.09. The highest BCUT2D eigenvalue weighted by molar-refractivity contribution is 4.87. The van der Waals surface area contributed by atoms with Crippen LogP contribution in [0, 0.1) is 5.92 Å². The van der Waals surface area contributed by atoms with Crippen LogP contribution in [0.5, 0.6) is 0 Å². The fourth-order valence-corrected chi connectivity index (χ4v) is 2.51. The number of nitrogens with one attached hydrogen (secondary N) is 1. The van der Waals surface area contributed by atoms with Crippen LogP contribution in [-0.2, 0) is 0 Å². The average Bonchev–Trinajstić information content (AvgIpc) is 2.18. The number of rotatable bonds is 5. The van der Waals surface area contributed by atoms with Gasteiger partial charge in [0.15, 0.2) is 0 Å². The van der Waals surface area contributed by atoms with E-state index in [4.69, 9.17) is 0 Å². The molecule has 2 unspecified atom stereocenters. The molecule has 90 valence electrons. The summed E-state index contributed by atoms with van der Waals surface area (Å²) in [4.78, 5) is 2.48. The molecular weight excluding hydrogens is 188 g/mol. The number of likely N-dealkylation sites (tertiary alicyclic amines) is 1. The fraction of sp³-hybridized carbons (Fsp3) is 1.00. The summed E-state index contributed by atoms with van der Waals surface area (Å²) >= 11 is 0. The van der Waals surface area contributed by atoms with Crippen LogP contribution in [0.4, 0.5) is 0 Å². The molecule has 2 atom stereocenters. The topological polar surface area (TPSA) is 35.5 Å². The molecule has 1 fully saturated rings. The van der Waals surface area contributed by atoms with Gasteiger partial charge in [0, 0.05) is 13.1 Å². The van der Waals surface area contributed by atoms with Gasteiger partial charge in [0.05, 0.1) is 12.1 Å². The molecule has 2 N–H and O–H groups in total. The van der Waals surface area contributed by atoms with Gasteiger partial charge in [-0.15, -0.1) is 0 Å². The summed E-state index contributed by atoms with van der Waals surface area (Å²) in [5.41, 5.74) is -0.133. The van der Waals surface area contributed by atoms with Crippen molar-refractivity contribution < 1.29 is 5.11 Å². The van der Waals surface area contributed by atoms with E-state index in [0.717, 1.165) is 19.0 Å². The SMILES string of the molecule is CCNC(C)(CO)CN1CCCC(C)C1. The first-order valence-electron chi connectivity index (χ1n) is 6.18. The van der Waals surface area contributed by atoms with Crippen molar-refractivity contribution in [2.75, 3.05) is 32.8 Å². The first-order valence-corrected chi connectivity index (χ1v) is 6.18. The number of hydrogen-bond donors (Lipinski definition) is 2. The Hall–Kier alpha value is -0.120. The van der Waals surface area contributed by atoms with Crippen LogP contribution in [0.3, 0.4) is 0 Å². The van der Waals surface area contributed by atoms with Crippen LogP contribution in [0.1, 0.15) is 33.6 Å². The molecule has 3 heteroatoms. The maximum atomic E-state index is 9.42. The van der Waals surface area contributed by atoms with Crippen LogP contribution in [0.25, 0.3) is 0 Å². The van der Waals surface area contributed by atoms with Gasteiger partial charge < -0.3 is 15.3 Å². The molecule has 0 aliphatic carbocycles. The lowest BCUT2D eigenvalue weighted by atomic mass is 9.96. The van der Waals surface area contributed by atoms with Gasteiger partial charge in [0.2, 0.25) is 0 Å². The van der Waals surface area contributed by atoms with Crippen molar-refractivity contribution in [3.8, 4) is 0 Å². The fourth-order valence-electron chi connectivity index (χ4n) is 2.51. The second-order valence-corrected chi connectivity index (χ2v) is 5.23. The summed E-state index contributed by atoms with van der Waals surface area (Å²) < 4.78 is 0. The summed E-state index contributed by atoms with van der Waals surface area (Å²) in [5.74, 6) is 0.809. The van der Waals surface area contributed by atoms with Crippen LogP contribution >= 0.6 is 0 Å². The molecule has 1 saturated heterocycles. The zero-order valence-electron chi connectivity index (χ0n) is 10.4. The number of aliphatic hydroxyl groups excluding tert-OH is 1. The van der Waals surface area contributed by atoms with Crippen molar-refractivity contribution in [3.63, 3.8) is 0 Å². The molecule has 0 amide bonds. The Morgan fingerprint density at radius 2 is 2.27 bits per heavy atom. The van der Waals surface area contributed by atoms with Crippen molar-refractivity contribution in [2.45, 2.75) is 39.2 Å². The lowest BCUT2D eigenvalue weighted by Gasteiger charge is -2.38. The van der Waals surface area contributed by atoms with Crippen LogP contribution in [-0.4, -0.2) is 48.3 Å². The van der Waals surface area contributed by atoms with Crippen molar-refractivity contribution in [2.24, 2.45) is 5.92 Å². The van der Waals surface area contributed by atoms with E-state index in [1.165, 1.54) is 25.9 Å². The summed E-state index contributed by atoms with van der Waals surface area (Å²) in [7, 11) is 0. The highest BCUT2D eigenvalue weighted by atomic mass is 16.3. The average molecular weight is 214 g/mol. The Morgan fingerprint density at radius 3 is 2.80 bits per heavy atom. The smallest absolute Gasteiger partial charge is 0.0623 e. The van der Waals surface area contributed by atoms with Gasteiger partial charge >= 0.3 is 0 Å². The Labute approximate surface area is 93.9 Å². The van der Waals surface area contributed by atoms with E-state index >= 15 is 0 Å². The predicted molar refractivity (Wildman–Crippen MR) is 64.0 cm³/mol. The molecule has 0 spiro atoms. The van der Waals surface area contributed by atoms with Gasteiger partial charge in [-0.2, -0.15) is 0 Å². The lowest BCUT2D eigenvalue weighted by Crippen LogP contribution is -2.55. The third kappa shape index (κ3) is 4.09. The molecule has 3 nitrogen and oxygen atoms in total. The normalized spacial score (nSPS) is 27.6. The number of piperidine rings is 1. The molecule has 1 rings (SSSR count). The van der Waals surface area contributed by atoms with E-state index in [9.17, 15) is 5.11 Å². The van der Waals surface area contributed by atoms with Crippen molar-refractivity contribution >= 4 is 0 Å². The van der Waals surface area contributed by atoms with Gasteiger partial charge in [0.25, 0.3) is 0 Å². The molecule has 0 radical (unpaired) electrons. The van der Waals surface area contributed by atoms with E-state index < -0.39 is 0 Å². The molecule has 0 saturated carbocycles. The number of likely N-dealkylation sites (N-methyl/N-ethyl adjacent to an activating group) is 1. The lowest BCUT2D eigenvalue weighted by molar-refractivity contribution is 0.0956. The molecule has 0 aromatic rings. The summed E-state index contributed by atoms with van der Waals surface area (Å²) in [6.07, 6.45) is 2.66. The molecule has 0 aromatic heterocycles.